The molecule has 1 atom stereocenters. The Morgan fingerprint density at radius 3 is 2.00 bits per heavy atom. The van der Waals surface area contributed by atoms with Crippen LogP contribution in [0.1, 0.15) is 20.3 Å². The summed E-state index contributed by atoms with van der Waals surface area (Å²) in [6.07, 6.45) is 2.00. The van der Waals surface area contributed by atoms with Crippen LogP contribution < -0.4 is 9.47 Å². The number of carbonyl (C=O) groups is 1. The Morgan fingerprint density at radius 2 is 1.50 bits per heavy atom. The molecule has 0 fully saturated rings. The molecule has 5 heteroatoms. The van der Waals surface area contributed by atoms with E-state index in [1.54, 1.807) is 30.8 Å². The maximum Gasteiger partial charge on any atom is 0.347 e. The quantitative estimate of drug-likeness (QED) is 0.501. The van der Waals surface area contributed by atoms with Crippen molar-refractivity contribution in [3.63, 3.8) is 0 Å². The summed E-state index contributed by atoms with van der Waals surface area (Å²) in [5.41, 5.74) is 0. The van der Waals surface area contributed by atoms with Crippen molar-refractivity contribution in [3.05, 3.63) is 48.5 Å². The second kappa shape index (κ2) is 9.23. The normalized spacial score (nSPS) is 11.6. The SMILES string of the molecule is CCOC(=O)C(CC)Oc1ccc(Oc2ccc(SC)cc2)cc1. The summed E-state index contributed by atoms with van der Waals surface area (Å²) in [6.45, 7) is 4.01. The third-order valence-electron chi connectivity index (χ3n) is 3.32. The highest BCUT2D eigenvalue weighted by Crippen LogP contribution is 2.26. The topological polar surface area (TPSA) is 44.8 Å². The molecule has 0 aromatic heterocycles. The van der Waals surface area contributed by atoms with E-state index < -0.39 is 6.10 Å². The molecule has 0 radical (unpaired) electrons. The fourth-order valence-electron chi connectivity index (χ4n) is 2.06. The number of carbonyl (C=O) groups excluding carboxylic acids is 1. The van der Waals surface area contributed by atoms with Gasteiger partial charge in [0, 0.05) is 4.90 Å². The molecule has 24 heavy (non-hydrogen) atoms. The number of rotatable bonds is 8. The molecule has 0 heterocycles. The van der Waals surface area contributed by atoms with Gasteiger partial charge in [-0.05, 0) is 68.1 Å². The summed E-state index contributed by atoms with van der Waals surface area (Å²) in [7, 11) is 0. The smallest absolute Gasteiger partial charge is 0.347 e. The highest BCUT2D eigenvalue weighted by molar-refractivity contribution is 7.98. The molecular formula is C19H22O4S. The third kappa shape index (κ3) is 5.20. The first-order valence-electron chi connectivity index (χ1n) is 7.91. The minimum absolute atomic E-state index is 0.339. The standard InChI is InChI=1S/C19H22O4S/c1-4-18(19(20)21-5-2)23-16-8-6-14(7-9-16)22-15-10-12-17(24-3)13-11-15/h6-13,18H,4-5H2,1-3H3. The van der Waals surface area contributed by atoms with Gasteiger partial charge in [-0.15, -0.1) is 11.8 Å². The van der Waals surface area contributed by atoms with Gasteiger partial charge < -0.3 is 14.2 Å². The Labute approximate surface area is 147 Å². The van der Waals surface area contributed by atoms with Gasteiger partial charge in [-0.1, -0.05) is 6.92 Å². The van der Waals surface area contributed by atoms with Crippen LogP contribution in [0.25, 0.3) is 0 Å². The van der Waals surface area contributed by atoms with Crippen molar-refractivity contribution >= 4 is 17.7 Å². The van der Waals surface area contributed by atoms with Crippen LogP contribution in [0.2, 0.25) is 0 Å². The second-order valence-corrected chi connectivity index (χ2v) is 5.90. The van der Waals surface area contributed by atoms with E-state index in [-0.39, 0.29) is 5.97 Å². The van der Waals surface area contributed by atoms with Crippen LogP contribution in [-0.4, -0.2) is 24.9 Å². The van der Waals surface area contributed by atoms with Crippen LogP contribution in [0.5, 0.6) is 17.2 Å². The van der Waals surface area contributed by atoms with E-state index >= 15 is 0 Å². The van der Waals surface area contributed by atoms with E-state index in [2.05, 4.69) is 0 Å². The molecule has 1 unspecified atom stereocenters. The Morgan fingerprint density at radius 1 is 0.958 bits per heavy atom. The zero-order valence-electron chi connectivity index (χ0n) is 14.2. The van der Waals surface area contributed by atoms with Crippen molar-refractivity contribution in [1.82, 2.24) is 0 Å². The Balaban J connectivity index is 1.97. The number of benzene rings is 2. The van der Waals surface area contributed by atoms with Gasteiger partial charge in [0.1, 0.15) is 17.2 Å². The van der Waals surface area contributed by atoms with Crippen LogP contribution in [-0.2, 0) is 9.53 Å². The molecule has 0 amide bonds. The molecule has 2 rings (SSSR count). The lowest BCUT2D eigenvalue weighted by Gasteiger charge is -2.16. The molecule has 0 saturated carbocycles. The van der Waals surface area contributed by atoms with Crippen molar-refractivity contribution in [2.24, 2.45) is 0 Å². The van der Waals surface area contributed by atoms with Crippen molar-refractivity contribution < 1.29 is 19.0 Å². The first-order chi connectivity index (χ1) is 11.7. The fourth-order valence-corrected chi connectivity index (χ4v) is 2.47. The molecular weight excluding hydrogens is 324 g/mol. The molecule has 0 saturated heterocycles. The van der Waals surface area contributed by atoms with Crippen LogP contribution in [0.4, 0.5) is 0 Å². The minimum Gasteiger partial charge on any atom is -0.479 e. The summed E-state index contributed by atoms with van der Waals surface area (Å²) in [5, 5.41) is 0. The summed E-state index contributed by atoms with van der Waals surface area (Å²) in [4.78, 5) is 13.0. The number of ether oxygens (including phenoxy) is 3. The molecule has 0 bridgehead atoms. The average Bonchev–Trinajstić information content (AvgIpc) is 2.62. The van der Waals surface area contributed by atoms with E-state index in [4.69, 9.17) is 14.2 Å². The van der Waals surface area contributed by atoms with Gasteiger partial charge in [-0.3, -0.25) is 0 Å². The lowest BCUT2D eigenvalue weighted by molar-refractivity contribution is -0.151. The maximum atomic E-state index is 11.8. The molecule has 0 aliphatic rings. The van der Waals surface area contributed by atoms with Gasteiger partial charge >= 0.3 is 5.97 Å². The average molecular weight is 346 g/mol. The first kappa shape index (κ1) is 18.2. The molecule has 0 aliphatic heterocycles. The van der Waals surface area contributed by atoms with Gasteiger partial charge in [0.2, 0.25) is 0 Å². The van der Waals surface area contributed by atoms with Crippen LogP contribution in [0.15, 0.2) is 53.4 Å². The lowest BCUT2D eigenvalue weighted by Crippen LogP contribution is -2.28. The Kier molecular flexibility index (Phi) is 7.00. The van der Waals surface area contributed by atoms with Gasteiger partial charge in [0.25, 0.3) is 0 Å². The van der Waals surface area contributed by atoms with Crippen LogP contribution >= 0.6 is 11.8 Å². The molecule has 4 nitrogen and oxygen atoms in total. The van der Waals surface area contributed by atoms with Crippen molar-refractivity contribution in [2.75, 3.05) is 12.9 Å². The Bertz CT molecular complexity index is 637. The van der Waals surface area contributed by atoms with Gasteiger partial charge in [0.05, 0.1) is 6.61 Å². The predicted octanol–water partition coefficient (Wildman–Crippen LogP) is 4.92. The molecule has 2 aromatic carbocycles. The summed E-state index contributed by atoms with van der Waals surface area (Å²) in [5.74, 6) is 1.76. The van der Waals surface area contributed by atoms with E-state index in [0.717, 1.165) is 5.75 Å². The van der Waals surface area contributed by atoms with Gasteiger partial charge in [-0.25, -0.2) is 4.79 Å². The lowest BCUT2D eigenvalue weighted by atomic mass is 10.2. The molecule has 0 aliphatic carbocycles. The van der Waals surface area contributed by atoms with Crippen LogP contribution in [0.3, 0.4) is 0 Å². The minimum atomic E-state index is -0.587. The zero-order chi connectivity index (χ0) is 17.4. The molecule has 0 spiro atoms. The number of hydrogen-bond acceptors (Lipinski definition) is 5. The van der Waals surface area contributed by atoms with Crippen LogP contribution in [0, 0.1) is 0 Å². The number of hydrogen-bond donors (Lipinski definition) is 0. The Hall–Kier alpha value is -2.14. The monoisotopic (exact) mass is 346 g/mol. The van der Waals surface area contributed by atoms with Gasteiger partial charge in [0.15, 0.2) is 6.10 Å². The van der Waals surface area contributed by atoms with E-state index in [9.17, 15) is 4.79 Å². The summed E-state index contributed by atoms with van der Waals surface area (Å²) < 4.78 is 16.5. The predicted molar refractivity (Wildman–Crippen MR) is 96.1 cm³/mol. The van der Waals surface area contributed by atoms with Crippen molar-refractivity contribution in [1.29, 1.82) is 0 Å². The molecule has 2 aromatic rings. The maximum absolute atomic E-state index is 11.8. The third-order valence-corrected chi connectivity index (χ3v) is 4.06. The van der Waals surface area contributed by atoms with Crippen molar-refractivity contribution in [3.8, 4) is 17.2 Å². The van der Waals surface area contributed by atoms with E-state index in [1.807, 2.05) is 49.6 Å². The first-order valence-corrected chi connectivity index (χ1v) is 9.14. The highest BCUT2D eigenvalue weighted by Gasteiger charge is 2.19. The zero-order valence-corrected chi connectivity index (χ0v) is 15.0. The summed E-state index contributed by atoms with van der Waals surface area (Å²) in [6, 6.07) is 15.1. The highest BCUT2D eigenvalue weighted by atomic mass is 32.2. The largest absolute Gasteiger partial charge is 0.479 e. The number of thioether (sulfide) groups is 1. The van der Waals surface area contributed by atoms with Crippen molar-refractivity contribution in [2.45, 2.75) is 31.3 Å². The fraction of sp³-hybridized carbons (Fsp3) is 0.316. The number of esters is 1. The van der Waals surface area contributed by atoms with E-state index in [1.165, 1.54) is 4.90 Å². The molecule has 0 N–H and O–H groups in total. The van der Waals surface area contributed by atoms with Gasteiger partial charge in [-0.2, -0.15) is 0 Å². The molecule has 128 valence electrons. The summed E-state index contributed by atoms with van der Waals surface area (Å²) >= 11 is 1.69. The van der Waals surface area contributed by atoms with E-state index in [0.29, 0.717) is 24.5 Å². The second-order valence-electron chi connectivity index (χ2n) is 5.02.